The highest BCUT2D eigenvalue weighted by Crippen LogP contribution is 2.27. The van der Waals surface area contributed by atoms with Crippen molar-refractivity contribution < 1.29 is 9.52 Å². The summed E-state index contributed by atoms with van der Waals surface area (Å²) in [6, 6.07) is 12.0. The van der Waals surface area contributed by atoms with Crippen molar-refractivity contribution in [2.75, 3.05) is 18.0 Å². The van der Waals surface area contributed by atoms with Crippen LogP contribution < -0.4 is 4.90 Å². The summed E-state index contributed by atoms with van der Waals surface area (Å²) < 4.78 is 5.55. The van der Waals surface area contributed by atoms with Gasteiger partial charge in [0.1, 0.15) is 5.52 Å². The molecule has 0 aliphatic carbocycles. The van der Waals surface area contributed by atoms with Gasteiger partial charge in [0.05, 0.1) is 34.7 Å². The first kappa shape index (κ1) is 16.2. The summed E-state index contributed by atoms with van der Waals surface area (Å²) in [6.45, 7) is 3.53. The van der Waals surface area contributed by atoms with Gasteiger partial charge in [0.25, 0.3) is 0 Å². The van der Waals surface area contributed by atoms with E-state index >= 15 is 0 Å². The van der Waals surface area contributed by atoms with Crippen molar-refractivity contribution in [1.82, 2.24) is 15.0 Å². The molecule has 1 aliphatic heterocycles. The van der Waals surface area contributed by atoms with Crippen LogP contribution in [0.2, 0.25) is 0 Å². The molecule has 4 heterocycles. The van der Waals surface area contributed by atoms with Crippen molar-refractivity contribution in [3.05, 3.63) is 48.5 Å². The van der Waals surface area contributed by atoms with Crippen molar-refractivity contribution in [2.45, 2.75) is 25.9 Å². The molecule has 0 spiro atoms. The zero-order valence-corrected chi connectivity index (χ0v) is 15.1. The van der Waals surface area contributed by atoms with Gasteiger partial charge >= 0.3 is 0 Å². The monoisotopic (exact) mass is 360 g/mol. The first-order chi connectivity index (χ1) is 13.2. The number of hydrogen-bond acceptors (Lipinski definition) is 6. The second kappa shape index (κ2) is 6.32. The molecular weight excluding hydrogens is 340 g/mol. The largest absolute Gasteiger partial charge is 0.441 e. The van der Waals surface area contributed by atoms with Crippen LogP contribution in [0.3, 0.4) is 0 Å². The smallest absolute Gasteiger partial charge is 0.192 e. The van der Waals surface area contributed by atoms with Crippen LogP contribution in [0.5, 0.6) is 0 Å². The van der Waals surface area contributed by atoms with E-state index in [-0.39, 0.29) is 6.10 Å². The van der Waals surface area contributed by atoms with Crippen molar-refractivity contribution in [2.24, 2.45) is 0 Å². The van der Waals surface area contributed by atoms with E-state index in [4.69, 9.17) is 9.40 Å². The normalized spacial score (nSPS) is 15.7. The van der Waals surface area contributed by atoms with E-state index in [2.05, 4.69) is 20.9 Å². The fourth-order valence-electron chi connectivity index (χ4n) is 3.66. The summed E-state index contributed by atoms with van der Waals surface area (Å²) in [5, 5.41) is 9.72. The summed E-state index contributed by atoms with van der Waals surface area (Å²) in [4.78, 5) is 16.1. The minimum absolute atomic E-state index is 0.186. The lowest BCUT2D eigenvalue weighted by molar-refractivity contribution is 0.145. The van der Waals surface area contributed by atoms with Crippen molar-refractivity contribution >= 4 is 27.8 Å². The topological polar surface area (TPSA) is 75.3 Å². The predicted molar refractivity (Wildman–Crippen MR) is 105 cm³/mol. The Labute approximate surface area is 156 Å². The van der Waals surface area contributed by atoms with Crippen LogP contribution in [0.15, 0.2) is 47.0 Å². The van der Waals surface area contributed by atoms with Gasteiger partial charge < -0.3 is 14.4 Å². The molecule has 0 bridgehead atoms. The third-order valence-corrected chi connectivity index (χ3v) is 5.14. The molecule has 27 heavy (non-hydrogen) atoms. The van der Waals surface area contributed by atoms with Gasteiger partial charge in [-0.25, -0.2) is 9.97 Å². The number of piperidine rings is 1. The van der Waals surface area contributed by atoms with E-state index in [1.807, 2.05) is 43.5 Å². The van der Waals surface area contributed by atoms with Crippen molar-refractivity contribution in [3.8, 4) is 11.3 Å². The molecule has 1 aromatic carbocycles. The molecule has 1 aliphatic rings. The number of fused-ring (bicyclic) bond motifs is 2. The molecular formula is C21H20N4O2. The second-order valence-electron chi connectivity index (χ2n) is 7.06. The Morgan fingerprint density at radius 2 is 1.85 bits per heavy atom. The van der Waals surface area contributed by atoms with E-state index in [0.29, 0.717) is 5.89 Å². The van der Waals surface area contributed by atoms with Gasteiger partial charge in [-0.3, -0.25) is 4.98 Å². The first-order valence-corrected chi connectivity index (χ1v) is 9.23. The van der Waals surface area contributed by atoms with Crippen molar-refractivity contribution in [3.63, 3.8) is 0 Å². The van der Waals surface area contributed by atoms with Crippen LogP contribution in [-0.4, -0.2) is 39.3 Å². The number of rotatable bonds is 2. The van der Waals surface area contributed by atoms with Crippen LogP contribution in [0, 0.1) is 6.92 Å². The lowest BCUT2D eigenvalue weighted by Gasteiger charge is -2.31. The average Bonchev–Trinajstić information content (AvgIpc) is 3.07. The Morgan fingerprint density at radius 3 is 2.70 bits per heavy atom. The summed E-state index contributed by atoms with van der Waals surface area (Å²) in [5.41, 5.74) is 6.31. The highest BCUT2D eigenvalue weighted by molar-refractivity contribution is 5.84. The Balaban J connectivity index is 1.52. The van der Waals surface area contributed by atoms with E-state index in [9.17, 15) is 5.11 Å². The molecule has 0 saturated carbocycles. The van der Waals surface area contributed by atoms with Gasteiger partial charge in [-0.2, -0.15) is 0 Å². The predicted octanol–water partition coefficient (Wildman–Crippen LogP) is 3.71. The average molecular weight is 360 g/mol. The molecule has 0 radical (unpaired) electrons. The molecule has 0 atom stereocenters. The van der Waals surface area contributed by atoms with Crippen LogP contribution in [0.1, 0.15) is 18.7 Å². The molecule has 1 N–H and O–H groups in total. The van der Waals surface area contributed by atoms with Gasteiger partial charge in [-0.15, -0.1) is 0 Å². The molecule has 1 saturated heterocycles. The quantitative estimate of drug-likeness (QED) is 0.587. The number of hydrogen-bond donors (Lipinski definition) is 1. The number of pyridine rings is 2. The number of oxazole rings is 1. The Bertz CT molecular complexity index is 1130. The molecule has 1 fully saturated rings. The number of benzene rings is 1. The zero-order valence-electron chi connectivity index (χ0n) is 15.1. The van der Waals surface area contributed by atoms with Crippen LogP contribution in [0.25, 0.3) is 33.4 Å². The lowest BCUT2D eigenvalue weighted by Crippen LogP contribution is -2.35. The van der Waals surface area contributed by atoms with Gasteiger partial charge in [0, 0.05) is 25.6 Å². The highest BCUT2D eigenvalue weighted by Gasteiger charge is 2.18. The molecule has 136 valence electrons. The SMILES string of the molecule is Cc1nc2cc(-c3ccc4ncc(N5CCC(O)CC5)cc4n3)ccc2o1. The number of aryl methyl sites for hydroxylation is 1. The minimum Gasteiger partial charge on any atom is -0.441 e. The third-order valence-electron chi connectivity index (χ3n) is 5.14. The molecule has 0 unspecified atom stereocenters. The summed E-state index contributed by atoms with van der Waals surface area (Å²) >= 11 is 0. The summed E-state index contributed by atoms with van der Waals surface area (Å²) in [5.74, 6) is 0.661. The number of aliphatic hydroxyl groups excluding tert-OH is 1. The number of anilines is 1. The molecule has 6 nitrogen and oxygen atoms in total. The van der Waals surface area contributed by atoms with Crippen LogP contribution in [0.4, 0.5) is 5.69 Å². The molecule has 0 amide bonds. The fraction of sp³-hybridized carbons (Fsp3) is 0.286. The van der Waals surface area contributed by atoms with E-state index in [1.165, 1.54) is 0 Å². The second-order valence-corrected chi connectivity index (χ2v) is 7.06. The van der Waals surface area contributed by atoms with Gasteiger partial charge in [0.15, 0.2) is 11.5 Å². The maximum absolute atomic E-state index is 9.72. The van der Waals surface area contributed by atoms with Gasteiger partial charge in [-0.1, -0.05) is 0 Å². The number of aromatic nitrogens is 3. The van der Waals surface area contributed by atoms with Crippen molar-refractivity contribution in [1.29, 1.82) is 0 Å². The lowest BCUT2D eigenvalue weighted by atomic mass is 10.1. The molecule has 5 rings (SSSR count). The number of nitrogens with zero attached hydrogens (tertiary/aromatic N) is 4. The van der Waals surface area contributed by atoms with Gasteiger partial charge in [0.2, 0.25) is 0 Å². The fourth-order valence-corrected chi connectivity index (χ4v) is 3.66. The van der Waals surface area contributed by atoms with Crippen LogP contribution in [-0.2, 0) is 0 Å². The maximum Gasteiger partial charge on any atom is 0.192 e. The zero-order chi connectivity index (χ0) is 18.4. The Hall–Kier alpha value is -2.99. The van der Waals surface area contributed by atoms with E-state index in [1.54, 1.807) is 0 Å². The van der Waals surface area contributed by atoms with E-state index < -0.39 is 0 Å². The number of aliphatic hydroxyl groups is 1. The molecule has 6 heteroatoms. The maximum atomic E-state index is 9.72. The van der Waals surface area contributed by atoms with Crippen LogP contribution >= 0.6 is 0 Å². The molecule has 4 aromatic rings. The standard InChI is InChI=1S/C21H20N4O2/c1-13-23-20-10-14(2-5-21(20)27-13)17-3-4-18-19(24-17)11-15(12-22-18)25-8-6-16(26)7-9-25/h2-5,10-12,16,26H,6-9H2,1H3. The highest BCUT2D eigenvalue weighted by atomic mass is 16.3. The Kier molecular flexibility index (Phi) is 3.79. The van der Waals surface area contributed by atoms with E-state index in [0.717, 1.165) is 65.0 Å². The Morgan fingerprint density at radius 1 is 1.00 bits per heavy atom. The third kappa shape index (κ3) is 3.02. The minimum atomic E-state index is -0.186. The summed E-state index contributed by atoms with van der Waals surface area (Å²) in [7, 11) is 0. The van der Waals surface area contributed by atoms with Gasteiger partial charge in [-0.05, 0) is 49.2 Å². The molecule has 3 aromatic heterocycles. The first-order valence-electron chi connectivity index (χ1n) is 9.23. The summed E-state index contributed by atoms with van der Waals surface area (Å²) in [6.07, 6.45) is 3.30.